The Balaban J connectivity index is 1.82. The van der Waals surface area contributed by atoms with E-state index in [4.69, 9.17) is 0 Å². The summed E-state index contributed by atoms with van der Waals surface area (Å²) in [6, 6.07) is 1.70. The minimum Gasteiger partial charge on any atom is -0.314 e. The highest BCUT2D eigenvalue weighted by Crippen LogP contribution is 2.32. The summed E-state index contributed by atoms with van der Waals surface area (Å²) >= 11 is 0. The van der Waals surface area contributed by atoms with E-state index in [2.05, 4.69) is 24.1 Å². The van der Waals surface area contributed by atoms with Gasteiger partial charge in [0, 0.05) is 12.1 Å². The van der Waals surface area contributed by atoms with Crippen molar-refractivity contribution in [1.82, 2.24) is 10.2 Å². The molecule has 2 heteroatoms. The second-order valence-electron chi connectivity index (χ2n) is 5.89. The van der Waals surface area contributed by atoms with Crippen molar-refractivity contribution in [3.63, 3.8) is 0 Å². The minimum absolute atomic E-state index is 0.792. The molecule has 2 nitrogen and oxygen atoms in total. The van der Waals surface area contributed by atoms with Crippen LogP contribution in [0, 0.1) is 5.92 Å². The molecule has 1 aliphatic heterocycles. The molecule has 0 aromatic heterocycles. The van der Waals surface area contributed by atoms with Crippen LogP contribution in [0.5, 0.6) is 0 Å². The topological polar surface area (TPSA) is 15.3 Å². The molecule has 1 saturated carbocycles. The lowest BCUT2D eigenvalue weighted by Crippen LogP contribution is -2.49. The minimum atomic E-state index is 0.792. The van der Waals surface area contributed by atoms with Gasteiger partial charge in [0.05, 0.1) is 0 Å². The van der Waals surface area contributed by atoms with E-state index in [9.17, 15) is 0 Å². The van der Waals surface area contributed by atoms with Gasteiger partial charge in [0.2, 0.25) is 0 Å². The third kappa shape index (κ3) is 3.45. The van der Waals surface area contributed by atoms with Crippen molar-refractivity contribution >= 4 is 0 Å². The van der Waals surface area contributed by atoms with Gasteiger partial charge in [-0.25, -0.2) is 0 Å². The van der Waals surface area contributed by atoms with E-state index in [-0.39, 0.29) is 0 Å². The SMILES string of the molecule is CCNC1CCN(C2CCCCC2CC)CC1. The number of hydrogen-bond donors (Lipinski definition) is 1. The summed E-state index contributed by atoms with van der Waals surface area (Å²) in [6.45, 7) is 8.40. The number of nitrogens with zero attached hydrogens (tertiary/aromatic N) is 1. The van der Waals surface area contributed by atoms with Gasteiger partial charge in [-0.2, -0.15) is 0 Å². The lowest BCUT2D eigenvalue weighted by molar-refractivity contribution is 0.0734. The standard InChI is InChI=1S/C15H30N2/c1-3-13-7-5-6-8-15(13)17-11-9-14(10-12-17)16-4-2/h13-16H,3-12H2,1-2H3. The van der Waals surface area contributed by atoms with Crippen LogP contribution in [-0.2, 0) is 0 Å². The summed E-state index contributed by atoms with van der Waals surface area (Å²) in [5.41, 5.74) is 0. The fraction of sp³-hybridized carbons (Fsp3) is 1.00. The lowest BCUT2D eigenvalue weighted by atomic mass is 9.81. The second-order valence-corrected chi connectivity index (χ2v) is 5.89. The van der Waals surface area contributed by atoms with Crippen LogP contribution in [-0.4, -0.2) is 36.6 Å². The average Bonchev–Trinajstić information content (AvgIpc) is 2.40. The molecule has 17 heavy (non-hydrogen) atoms. The first-order valence-electron chi connectivity index (χ1n) is 7.82. The molecule has 0 radical (unpaired) electrons. The fourth-order valence-corrected chi connectivity index (χ4v) is 3.87. The molecular formula is C15H30N2. The van der Waals surface area contributed by atoms with E-state index in [0.29, 0.717) is 0 Å². The Bertz CT molecular complexity index is 209. The lowest BCUT2D eigenvalue weighted by Gasteiger charge is -2.43. The number of hydrogen-bond acceptors (Lipinski definition) is 2. The summed E-state index contributed by atoms with van der Waals surface area (Å²) in [5, 5.41) is 3.61. The molecule has 0 aromatic carbocycles. The van der Waals surface area contributed by atoms with Crippen molar-refractivity contribution < 1.29 is 0 Å². The molecular weight excluding hydrogens is 208 g/mol. The van der Waals surface area contributed by atoms with E-state index in [1.54, 1.807) is 0 Å². The van der Waals surface area contributed by atoms with Crippen molar-refractivity contribution in [2.24, 2.45) is 5.92 Å². The Morgan fingerprint density at radius 1 is 1.00 bits per heavy atom. The van der Waals surface area contributed by atoms with Crippen LogP contribution in [0.25, 0.3) is 0 Å². The van der Waals surface area contributed by atoms with E-state index < -0.39 is 0 Å². The molecule has 0 amide bonds. The van der Waals surface area contributed by atoms with E-state index >= 15 is 0 Å². The molecule has 0 bridgehead atoms. The third-order valence-electron chi connectivity index (χ3n) is 4.88. The van der Waals surface area contributed by atoms with Gasteiger partial charge in [-0.15, -0.1) is 0 Å². The maximum absolute atomic E-state index is 3.61. The number of piperidine rings is 1. The summed E-state index contributed by atoms with van der Waals surface area (Å²) in [6.07, 6.45) is 10.00. The Kier molecular flexibility index (Phi) is 5.30. The van der Waals surface area contributed by atoms with Crippen LogP contribution in [0.3, 0.4) is 0 Å². The number of nitrogens with one attached hydrogen (secondary N) is 1. The smallest absolute Gasteiger partial charge is 0.0123 e. The van der Waals surface area contributed by atoms with Gasteiger partial charge < -0.3 is 5.32 Å². The van der Waals surface area contributed by atoms with Gasteiger partial charge in [0.15, 0.2) is 0 Å². The van der Waals surface area contributed by atoms with Crippen LogP contribution in [0.2, 0.25) is 0 Å². The molecule has 2 unspecified atom stereocenters. The predicted molar refractivity (Wildman–Crippen MR) is 74.3 cm³/mol. The van der Waals surface area contributed by atoms with Crippen molar-refractivity contribution in [2.75, 3.05) is 19.6 Å². The number of likely N-dealkylation sites (tertiary alicyclic amines) is 1. The molecule has 2 fully saturated rings. The van der Waals surface area contributed by atoms with Crippen LogP contribution in [0.1, 0.15) is 58.8 Å². The van der Waals surface area contributed by atoms with Crippen molar-refractivity contribution in [1.29, 1.82) is 0 Å². The van der Waals surface area contributed by atoms with Gasteiger partial charge in [-0.3, -0.25) is 4.90 Å². The molecule has 2 rings (SSSR count). The van der Waals surface area contributed by atoms with Crippen molar-refractivity contribution in [3.8, 4) is 0 Å². The maximum Gasteiger partial charge on any atom is 0.0123 e. The predicted octanol–water partition coefficient (Wildman–Crippen LogP) is 3.03. The normalized spacial score (nSPS) is 32.8. The first-order valence-corrected chi connectivity index (χ1v) is 7.82. The summed E-state index contributed by atoms with van der Waals surface area (Å²) in [7, 11) is 0. The Labute approximate surface area is 107 Å². The zero-order valence-corrected chi connectivity index (χ0v) is 11.8. The zero-order chi connectivity index (χ0) is 12.1. The molecule has 100 valence electrons. The van der Waals surface area contributed by atoms with Crippen molar-refractivity contribution in [3.05, 3.63) is 0 Å². The largest absolute Gasteiger partial charge is 0.314 e. The van der Waals surface area contributed by atoms with Crippen LogP contribution < -0.4 is 5.32 Å². The monoisotopic (exact) mass is 238 g/mol. The summed E-state index contributed by atoms with van der Waals surface area (Å²) in [4.78, 5) is 2.81. The highest BCUT2D eigenvalue weighted by Gasteiger charge is 2.31. The molecule has 2 atom stereocenters. The zero-order valence-electron chi connectivity index (χ0n) is 11.8. The fourth-order valence-electron chi connectivity index (χ4n) is 3.87. The average molecular weight is 238 g/mol. The molecule has 0 spiro atoms. The van der Waals surface area contributed by atoms with E-state index in [1.165, 1.54) is 58.0 Å². The molecule has 1 saturated heterocycles. The molecule has 1 aliphatic carbocycles. The molecule has 1 heterocycles. The van der Waals surface area contributed by atoms with E-state index in [1.807, 2.05) is 0 Å². The van der Waals surface area contributed by atoms with Gasteiger partial charge in [-0.1, -0.05) is 33.1 Å². The second kappa shape index (κ2) is 6.75. The maximum atomic E-state index is 3.61. The van der Waals surface area contributed by atoms with E-state index in [0.717, 1.165) is 24.5 Å². The van der Waals surface area contributed by atoms with Crippen molar-refractivity contribution in [2.45, 2.75) is 70.9 Å². The Morgan fingerprint density at radius 3 is 2.35 bits per heavy atom. The van der Waals surface area contributed by atoms with Crippen LogP contribution >= 0.6 is 0 Å². The quantitative estimate of drug-likeness (QED) is 0.810. The Morgan fingerprint density at radius 2 is 1.71 bits per heavy atom. The summed E-state index contributed by atoms with van der Waals surface area (Å²) < 4.78 is 0. The van der Waals surface area contributed by atoms with Gasteiger partial charge in [0.1, 0.15) is 0 Å². The van der Waals surface area contributed by atoms with Crippen LogP contribution in [0.4, 0.5) is 0 Å². The summed E-state index contributed by atoms with van der Waals surface area (Å²) in [5.74, 6) is 0.986. The molecule has 0 aromatic rings. The first kappa shape index (κ1) is 13.4. The first-order chi connectivity index (χ1) is 8.35. The molecule has 1 N–H and O–H groups in total. The highest BCUT2D eigenvalue weighted by atomic mass is 15.2. The van der Waals surface area contributed by atoms with Gasteiger partial charge >= 0.3 is 0 Å². The van der Waals surface area contributed by atoms with Crippen LogP contribution in [0.15, 0.2) is 0 Å². The molecule has 2 aliphatic rings. The third-order valence-corrected chi connectivity index (χ3v) is 4.88. The van der Waals surface area contributed by atoms with Gasteiger partial charge in [0.25, 0.3) is 0 Å². The Hall–Kier alpha value is -0.0800. The highest BCUT2D eigenvalue weighted by molar-refractivity contribution is 4.87. The number of rotatable bonds is 4. The van der Waals surface area contributed by atoms with Gasteiger partial charge in [-0.05, 0) is 51.2 Å².